The Balaban J connectivity index is 2.18. The summed E-state index contributed by atoms with van der Waals surface area (Å²) >= 11 is -0.145. The molecule has 1 nitrogen and oxygen atoms in total. The fourth-order valence-electron chi connectivity index (χ4n) is 1.52. The molecule has 0 saturated carbocycles. The maximum atomic E-state index is 12.6. The topological polar surface area (TPSA) is 9.23 Å². The van der Waals surface area contributed by atoms with Gasteiger partial charge in [-0.3, -0.25) is 0 Å². The van der Waals surface area contributed by atoms with E-state index in [2.05, 4.69) is 0 Å². The molecule has 0 N–H and O–H groups in total. The molecule has 5 heteroatoms. The van der Waals surface area contributed by atoms with E-state index in [1.54, 1.807) is 13.2 Å². The molecule has 19 heavy (non-hydrogen) atoms. The van der Waals surface area contributed by atoms with E-state index < -0.39 is 11.7 Å². The number of benzene rings is 2. The Morgan fingerprint density at radius 2 is 1.63 bits per heavy atom. The summed E-state index contributed by atoms with van der Waals surface area (Å²) < 4.78 is 44.5. The predicted molar refractivity (Wildman–Crippen MR) is 69.5 cm³/mol. The molecule has 0 bridgehead atoms. The van der Waals surface area contributed by atoms with Crippen molar-refractivity contribution in [1.82, 2.24) is 0 Å². The van der Waals surface area contributed by atoms with Crippen LogP contribution in [0.5, 0.6) is 5.75 Å². The monoisotopic (exact) mass is 332 g/mol. The van der Waals surface area contributed by atoms with E-state index >= 15 is 0 Å². The number of methoxy groups -OCH3 is 1. The van der Waals surface area contributed by atoms with Gasteiger partial charge in [-0.25, -0.2) is 0 Å². The molecule has 0 aromatic heterocycles. The first-order valence-electron chi connectivity index (χ1n) is 5.48. The van der Waals surface area contributed by atoms with Crippen molar-refractivity contribution in [2.45, 2.75) is 6.18 Å². The van der Waals surface area contributed by atoms with Gasteiger partial charge in [0.1, 0.15) is 0 Å². The Hall–Kier alpha value is -1.45. The molecule has 0 spiro atoms. The zero-order valence-electron chi connectivity index (χ0n) is 10.1. The van der Waals surface area contributed by atoms with Gasteiger partial charge >= 0.3 is 115 Å². The third-order valence-corrected chi connectivity index (χ3v) is 4.55. The first-order chi connectivity index (χ1) is 8.99. The van der Waals surface area contributed by atoms with Crippen molar-refractivity contribution in [3.8, 4) is 5.75 Å². The third kappa shape index (κ3) is 3.75. The quantitative estimate of drug-likeness (QED) is 0.785. The Morgan fingerprint density at radius 1 is 0.947 bits per heavy atom. The van der Waals surface area contributed by atoms with Gasteiger partial charge in [-0.1, -0.05) is 0 Å². The number of halogens is 3. The van der Waals surface area contributed by atoms with Crippen LogP contribution in [0.4, 0.5) is 13.2 Å². The second-order valence-corrected chi connectivity index (χ2v) is 6.21. The SMILES string of the molecule is COc1ccc([Se]c2cccc(C(F)(F)F)c2)cc1. The Bertz CT molecular complexity index is 549. The summed E-state index contributed by atoms with van der Waals surface area (Å²) in [7, 11) is 1.58. The van der Waals surface area contributed by atoms with Gasteiger partial charge in [0.2, 0.25) is 0 Å². The molecule has 0 aliphatic heterocycles. The van der Waals surface area contributed by atoms with Gasteiger partial charge in [0.15, 0.2) is 0 Å². The van der Waals surface area contributed by atoms with E-state index in [9.17, 15) is 13.2 Å². The number of hydrogen-bond acceptors (Lipinski definition) is 1. The van der Waals surface area contributed by atoms with Crippen LogP contribution in [0.3, 0.4) is 0 Å². The Morgan fingerprint density at radius 3 is 2.21 bits per heavy atom. The minimum atomic E-state index is -4.29. The first kappa shape index (κ1) is 14.0. The molecule has 0 radical (unpaired) electrons. The molecule has 0 atom stereocenters. The summed E-state index contributed by atoms with van der Waals surface area (Å²) in [4.78, 5) is 0. The fraction of sp³-hybridized carbons (Fsp3) is 0.143. The van der Waals surface area contributed by atoms with Gasteiger partial charge in [0.25, 0.3) is 0 Å². The summed E-state index contributed by atoms with van der Waals surface area (Å²) in [6.07, 6.45) is -4.29. The van der Waals surface area contributed by atoms with E-state index in [0.29, 0.717) is 4.46 Å². The van der Waals surface area contributed by atoms with Crippen LogP contribution in [0, 0.1) is 0 Å². The second kappa shape index (κ2) is 5.68. The van der Waals surface area contributed by atoms with Crippen molar-refractivity contribution in [3.63, 3.8) is 0 Å². The van der Waals surface area contributed by atoms with E-state index in [1.807, 2.05) is 24.3 Å². The molecule has 0 amide bonds. The van der Waals surface area contributed by atoms with Crippen molar-refractivity contribution in [2.75, 3.05) is 7.11 Å². The summed E-state index contributed by atoms with van der Waals surface area (Å²) in [5.74, 6) is 0.739. The average Bonchev–Trinajstić information content (AvgIpc) is 2.39. The van der Waals surface area contributed by atoms with Crippen molar-refractivity contribution < 1.29 is 17.9 Å². The van der Waals surface area contributed by atoms with E-state index in [1.165, 1.54) is 12.1 Å². The van der Waals surface area contributed by atoms with Crippen LogP contribution in [0.15, 0.2) is 48.5 Å². The van der Waals surface area contributed by atoms with Gasteiger partial charge < -0.3 is 0 Å². The molecular weight excluding hydrogens is 320 g/mol. The van der Waals surface area contributed by atoms with Gasteiger partial charge in [0, 0.05) is 0 Å². The molecule has 2 aromatic rings. The van der Waals surface area contributed by atoms with Crippen molar-refractivity contribution in [3.05, 3.63) is 54.1 Å². The molecule has 0 aliphatic rings. The zero-order chi connectivity index (χ0) is 13.9. The van der Waals surface area contributed by atoms with Crippen LogP contribution < -0.4 is 13.7 Å². The second-order valence-electron chi connectivity index (χ2n) is 3.80. The van der Waals surface area contributed by atoms with Gasteiger partial charge in [-0.05, 0) is 0 Å². The standard InChI is InChI=1S/C14H11F3OSe/c1-18-11-5-7-12(8-6-11)19-13-4-2-3-10(9-13)14(15,16)17/h2-9H,1H3. The molecule has 0 unspecified atom stereocenters. The van der Waals surface area contributed by atoms with Crippen LogP contribution in [-0.2, 0) is 6.18 Å². The molecule has 0 fully saturated rings. The Kier molecular flexibility index (Phi) is 4.17. The number of rotatable bonds is 3. The minimum absolute atomic E-state index is 0.145. The first-order valence-corrected chi connectivity index (χ1v) is 7.19. The molecule has 100 valence electrons. The van der Waals surface area contributed by atoms with Gasteiger partial charge in [-0.15, -0.1) is 0 Å². The number of alkyl halides is 3. The number of hydrogen-bond donors (Lipinski definition) is 0. The third-order valence-electron chi connectivity index (χ3n) is 2.46. The van der Waals surface area contributed by atoms with E-state index in [-0.39, 0.29) is 15.0 Å². The van der Waals surface area contributed by atoms with Gasteiger partial charge in [0.05, 0.1) is 0 Å². The predicted octanol–water partition coefficient (Wildman–Crippen LogP) is 2.37. The summed E-state index contributed by atoms with van der Waals surface area (Å²) in [6, 6.07) is 12.8. The molecular formula is C14H11F3OSe. The summed E-state index contributed by atoms with van der Waals surface area (Å²) in [6.45, 7) is 0. The molecule has 0 aliphatic carbocycles. The molecule has 2 aromatic carbocycles. The molecule has 0 heterocycles. The zero-order valence-corrected chi connectivity index (χ0v) is 11.8. The van der Waals surface area contributed by atoms with E-state index in [4.69, 9.17) is 4.74 Å². The van der Waals surface area contributed by atoms with Crippen molar-refractivity contribution in [1.29, 1.82) is 0 Å². The van der Waals surface area contributed by atoms with Crippen LogP contribution in [0.2, 0.25) is 0 Å². The average molecular weight is 331 g/mol. The maximum absolute atomic E-state index is 12.6. The van der Waals surface area contributed by atoms with Crippen LogP contribution in [0.25, 0.3) is 0 Å². The Labute approximate surface area is 115 Å². The van der Waals surface area contributed by atoms with Crippen molar-refractivity contribution in [2.24, 2.45) is 0 Å². The van der Waals surface area contributed by atoms with Crippen LogP contribution >= 0.6 is 0 Å². The summed E-state index contributed by atoms with van der Waals surface area (Å²) in [5, 5.41) is 0. The van der Waals surface area contributed by atoms with Crippen LogP contribution in [0.1, 0.15) is 5.56 Å². The summed E-state index contributed by atoms with van der Waals surface area (Å²) in [5.41, 5.74) is -0.597. The molecule has 2 rings (SSSR count). The van der Waals surface area contributed by atoms with E-state index in [0.717, 1.165) is 16.3 Å². The van der Waals surface area contributed by atoms with Crippen molar-refractivity contribution >= 4 is 23.9 Å². The molecule has 0 saturated heterocycles. The normalized spacial score (nSPS) is 11.4. The van der Waals surface area contributed by atoms with Gasteiger partial charge in [-0.2, -0.15) is 0 Å². The fourth-order valence-corrected chi connectivity index (χ4v) is 3.36. The van der Waals surface area contributed by atoms with Crippen LogP contribution in [-0.4, -0.2) is 22.1 Å². The number of ether oxygens (including phenoxy) is 1.